The highest BCUT2D eigenvalue weighted by Crippen LogP contribution is 2.38. The minimum absolute atomic E-state index is 0.814. The topological polar surface area (TPSA) is 15.3 Å². The van der Waals surface area contributed by atoms with Gasteiger partial charge in [-0.2, -0.15) is 0 Å². The molecule has 3 rings (SSSR count). The lowest BCUT2D eigenvalue weighted by Gasteiger charge is -2.35. The van der Waals surface area contributed by atoms with Crippen molar-refractivity contribution in [1.82, 2.24) is 10.2 Å². The molecule has 0 aromatic carbocycles. The van der Waals surface area contributed by atoms with Gasteiger partial charge in [-0.15, -0.1) is 0 Å². The van der Waals surface area contributed by atoms with Crippen molar-refractivity contribution in [2.75, 3.05) is 26.2 Å². The van der Waals surface area contributed by atoms with Gasteiger partial charge < -0.3 is 10.2 Å². The van der Waals surface area contributed by atoms with E-state index in [2.05, 4.69) is 17.1 Å². The fraction of sp³-hybridized carbons (Fsp3) is 1.00. The molecule has 3 aliphatic rings. The van der Waals surface area contributed by atoms with Crippen molar-refractivity contribution in [3.63, 3.8) is 0 Å². The number of nitrogens with one attached hydrogen (secondary N) is 1. The van der Waals surface area contributed by atoms with E-state index in [1.54, 1.807) is 0 Å². The number of fused-ring (bicyclic) bond motifs is 1. The van der Waals surface area contributed by atoms with Crippen LogP contribution in [0.15, 0.2) is 0 Å². The minimum Gasteiger partial charge on any atom is -0.314 e. The number of hydrogen-bond donors (Lipinski definition) is 1. The summed E-state index contributed by atoms with van der Waals surface area (Å²) in [5.74, 6) is 3.05. The molecule has 19 heavy (non-hydrogen) atoms. The van der Waals surface area contributed by atoms with Crippen molar-refractivity contribution < 1.29 is 0 Å². The minimum atomic E-state index is 0.814. The normalized spacial score (nSPS) is 39.6. The smallest absolute Gasteiger partial charge is 0.0107 e. The molecule has 0 spiro atoms. The first kappa shape index (κ1) is 13.9. The van der Waals surface area contributed by atoms with Crippen LogP contribution in [0.1, 0.15) is 58.3 Å². The molecule has 0 aromatic heterocycles. The summed E-state index contributed by atoms with van der Waals surface area (Å²) in [5.41, 5.74) is 0. The fourth-order valence-corrected chi connectivity index (χ4v) is 4.84. The van der Waals surface area contributed by atoms with E-state index in [0.29, 0.717) is 0 Å². The summed E-state index contributed by atoms with van der Waals surface area (Å²) in [6, 6.07) is 0.814. The van der Waals surface area contributed by atoms with Crippen LogP contribution in [0.3, 0.4) is 0 Å². The first-order chi connectivity index (χ1) is 9.36. The molecule has 4 atom stereocenters. The van der Waals surface area contributed by atoms with Gasteiger partial charge in [0.1, 0.15) is 0 Å². The Morgan fingerprint density at radius 2 is 1.68 bits per heavy atom. The lowest BCUT2D eigenvalue weighted by atomic mass is 9.84. The maximum Gasteiger partial charge on any atom is 0.0107 e. The van der Waals surface area contributed by atoms with Crippen molar-refractivity contribution in [3.05, 3.63) is 0 Å². The predicted octanol–water partition coefficient (Wildman–Crippen LogP) is 3.28. The molecule has 1 N–H and O–H groups in total. The van der Waals surface area contributed by atoms with Crippen molar-refractivity contribution in [2.45, 2.75) is 64.3 Å². The third-order valence-electron chi connectivity index (χ3n) is 5.86. The second kappa shape index (κ2) is 6.58. The van der Waals surface area contributed by atoms with Gasteiger partial charge in [0.05, 0.1) is 0 Å². The highest BCUT2D eigenvalue weighted by Gasteiger charge is 2.37. The summed E-state index contributed by atoms with van der Waals surface area (Å²) >= 11 is 0. The molecule has 2 saturated carbocycles. The number of nitrogens with zero attached hydrogens (tertiary/aromatic N) is 1. The lowest BCUT2D eigenvalue weighted by Crippen LogP contribution is -2.44. The van der Waals surface area contributed by atoms with E-state index < -0.39 is 0 Å². The quantitative estimate of drug-likeness (QED) is 0.820. The Kier molecular flexibility index (Phi) is 4.81. The average molecular weight is 264 g/mol. The van der Waals surface area contributed by atoms with Crippen LogP contribution < -0.4 is 5.32 Å². The summed E-state index contributed by atoms with van der Waals surface area (Å²) in [6.45, 7) is 7.72. The first-order valence-corrected chi connectivity index (χ1v) is 8.82. The van der Waals surface area contributed by atoms with Crippen LogP contribution in [-0.4, -0.2) is 37.1 Å². The van der Waals surface area contributed by atoms with E-state index in [-0.39, 0.29) is 0 Å². The predicted molar refractivity (Wildman–Crippen MR) is 81.3 cm³/mol. The summed E-state index contributed by atoms with van der Waals surface area (Å²) in [4.78, 5) is 2.81. The molecular formula is C17H32N2. The maximum atomic E-state index is 3.82. The molecule has 1 aliphatic heterocycles. The largest absolute Gasteiger partial charge is 0.314 e. The van der Waals surface area contributed by atoms with Crippen LogP contribution in [-0.2, 0) is 0 Å². The molecule has 2 heteroatoms. The van der Waals surface area contributed by atoms with Gasteiger partial charge in [-0.3, -0.25) is 0 Å². The van der Waals surface area contributed by atoms with Crippen LogP contribution in [0, 0.1) is 17.8 Å². The SMILES string of the molecule is CCCNC1CCCCC1CN1CC2CCCC2C1. The highest BCUT2D eigenvalue weighted by molar-refractivity contribution is 4.91. The van der Waals surface area contributed by atoms with Crippen molar-refractivity contribution in [1.29, 1.82) is 0 Å². The molecular weight excluding hydrogens is 232 g/mol. The Labute approximate surface area is 119 Å². The molecule has 2 aliphatic carbocycles. The van der Waals surface area contributed by atoms with Crippen molar-refractivity contribution >= 4 is 0 Å². The summed E-state index contributed by atoms with van der Waals surface area (Å²) in [7, 11) is 0. The zero-order chi connectivity index (χ0) is 13.1. The molecule has 1 heterocycles. The zero-order valence-electron chi connectivity index (χ0n) is 12.7. The Morgan fingerprint density at radius 1 is 0.947 bits per heavy atom. The Balaban J connectivity index is 1.49. The fourth-order valence-electron chi connectivity index (χ4n) is 4.84. The highest BCUT2D eigenvalue weighted by atomic mass is 15.2. The van der Waals surface area contributed by atoms with Crippen LogP contribution in [0.4, 0.5) is 0 Å². The van der Waals surface area contributed by atoms with Crippen LogP contribution in [0.5, 0.6) is 0 Å². The average Bonchev–Trinajstić information content (AvgIpc) is 2.98. The van der Waals surface area contributed by atoms with E-state index in [4.69, 9.17) is 0 Å². The second-order valence-electron chi connectivity index (χ2n) is 7.27. The molecule has 0 bridgehead atoms. The van der Waals surface area contributed by atoms with Gasteiger partial charge in [0.2, 0.25) is 0 Å². The molecule has 3 fully saturated rings. The van der Waals surface area contributed by atoms with E-state index in [1.807, 2.05) is 0 Å². The molecule has 0 aromatic rings. The van der Waals surface area contributed by atoms with Gasteiger partial charge in [-0.1, -0.05) is 26.2 Å². The van der Waals surface area contributed by atoms with E-state index in [1.165, 1.54) is 77.5 Å². The van der Waals surface area contributed by atoms with Gasteiger partial charge in [-0.05, 0) is 56.4 Å². The molecule has 4 unspecified atom stereocenters. The van der Waals surface area contributed by atoms with Gasteiger partial charge >= 0.3 is 0 Å². The van der Waals surface area contributed by atoms with Gasteiger partial charge in [0.25, 0.3) is 0 Å². The summed E-state index contributed by atoms with van der Waals surface area (Å²) in [5, 5.41) is 3.82. The van der Waals surface area contributed by atoms with Crippen LogP contribution >= 0.6 is 0 Å². The standard InChI is InChI=1S/C17H32N2/c1-2-10-18-17-9-4-3-6-16(17)13-19-11-14-7-5-8-15(14)12-19/h14-18H,2-13H2,1H3. The lowest BCUT2D eigenvalue weighted by molar-refractivity contribution is 0.182. The summed E-state index contributed by atoms with van der Waals surface area (Å²) in [6.07, 6.45) is 11.6. The summed E-state index contributed by atoms with van der Waals surface area (Å²) < 4.78 is 0. The molecule has 2 nitrogen and oxygen atoms in total. The van der Waals surface area contributed by atoms with Gasteiger partial charge in [-0.25, -0.2) is 0 Å². The van der Waals surface area contributed by atoms with Gasteiger partial charge in [0, 0.05) is 25.7 Å². The van der Waals surface area contributed by atoms with Gasteiger partial charge in [0.15, 0.2) is 0 Å². The van der Waals surface area contributed by atoms with Crippen LogP contribution in [0.25, 0.3) is 0 Å². The number of hydrogen-bond acceptors (Lipinski definition) is 2. The van der Waals surface area contributed by atoms with Crippen LogP contribution in [0.2, 0.25) is 0 Å². The third-order valence-corrected chi connectivity index (χ3v) is 5.86. The van der Waals surface area contributed by atoms with E-state index >= 15 is 0 Å². The molecule has 0 amide bonds. The monoisotopic (exact) mass is 264 g/mol. The molecule has 110 valence electrons. The van der Waals surface area contributed by atoms with Crippen molar-refractivity contribution in [3.8, 4) is 0 Å². The first-order valence-electron chi connectivity index (χ1n) is 8.82. The number of likely N-dealkylation sites (tertiary alicyclic amines) is 1. The van der Waals surface area contributed by atoms with E-state index in [9.17, 15) is 0 Å². The Bertz CT molecular complexity index is 266. The maximum absolute atomic E-state index is 3.82. The van der Waals surface area contributed by atoms with E-state index in [0.717, 1.165) is 23.8 Å². The zero-order valence-corrected chi connectivity index (χ0v) is 12.7. The number of rotatable bonds is 5. The second-order valence-corrected chi connectivity index (χ2v) is 7.27. The molecule has 0 radical (unpaired) electrons. The Morgan fingerprint density at radius 3 is 2.42 bits per heavy atom. The molecule has 1 saturated heterocycles. The Hall–Kier alpha value is -0.0800. The van der Waals surface area contributed by atoms with Crippen molar-refractivity contribution in [2.24, 2.45) is 17.8 Å². The third kappa shape index (κ3) is 3.33.